The van der Waals surface area contributed by atoms with E-state index < -0.39 is 17.7 Å². The average Bonchev–Trinajstić information content (AvgIpc) is 3.50. The molecule has 1 saturated carbocycles. The first-order valence-electron chi connectivity index (χ1n) is 10.8. The van der Waals surface area contributed by atoms with Crippen molar-refractivity contribution in [3.8, 4) is 22.5 Å². The van der Waals surface area contributed by atoms with Crippen LogP contribution in [0.2, 0.25) is 0 Å². The Bertz CT molecular complexity index is 1380. The van der Waals surface area contributed by atoms with Gasteiger partial charge in [-0.15, -0.1) is 0 Å². The zero-order valence-electron chi connectivity index (χ0n) is 17.8. The highest BCUT2D eigenvalue weighted by Crippen LogP contribution is 2.35. The predicted molar refractivity (Wildman–Crippen MR) is 117 cm³/mol. The van der Waals surface area contributed by atoms with E-state index in [-0.39, 0.29) is 28.8 Å². The highest BCUT2D eigenvalue weighted by atomic mass is 19.4. The largest absolute Gasteiger partial charge is 0.434 e. The summed E-state index contributed by atoms with van der Waals surface area (Å²) in [6, 6.07) is 9.96. The quantitative estimate of drug-likeness (QED) is 0.387. The van der Waals surface area contributed by atoms with Gasteiger partial charge in [-0.05, 0) is 55.3 Å². The van der Waals surface area contributed by atoms with Gasteiger partial charge in [-0.1, -0.05) is 12.8 Å². The fraction of sp³-hybridized carbons (Fsp3) is 0.250. The molecule has 0 aliphatic heterocycles. The Morgan fingerprint density at radius 1 is 1.06 bits per heavy atom. The summed E-state index contributed by atoms with van der Waals surface area (Å²) in [7, 11) is 0. The second kappa shape index (κ2) is 8.51. The minimum absolute atomic E-state index is 0.0604. The van der Waals surface area contributed by atoms with Gasteiger partial charge in [0.05, 0.1) is 23.3 Å². The van der Waals surface area contributed by atoms with E-state index in [9.17, 15) is 22.4 Å². The van der Waals surface area contributed by atoms with Crippen molar-refractivity contribution in [3.05, 3.63) is 66.4 Å². The Kier molecular flexibility index (Phi) is 5.51. The molecule has 3 aromatic heterocycles. The summed E-state index contributed by atoms with van der Waals surface area (Å²) in [5.41, 5.74) is 0.341. The van der Waals surface area contributed by atoms with Crippen LogP contribution in [0.1, 0.15) is 31.4 Å². The summed E-state index contributed by atoms with van der Waals surface area (Å²) in [6.45, 7) is 0. The third-order valence-electron chi connectivity index (χ3n) is 5.92. The topological polar surface area (TPSA) is 72.2 Å². The number of hydrogen-bond donors (Lipinski definition) is 1. The molecule has 4 aromatic rings. The van der Waals surface area contributed by atoms with E-state index >= 15 is 0 Å². The molecule has 1 fully saturated rings. The van der Waals surface area contributed by atoms with Gasteiger partial charge in [-0.25, -0.2) is 13.9 Å². The molecule has 1 aliphatic rings. The van der Waals surface area contributed by atoms with Crippen molar-refractivity contribution in [2.75, 3.05) is 5.32 Å². The molecular formula is C24H19F4N5O. The van der Waals surface area contributed by atoms with E-state index in [4.69, 9.17) is 0 Å². The zero-order valence-corrected chi connectivity index (χ0v) is 17.8. The molecular weight excluding hydrogens is 450 g/mol. The summed E-state index contributed by atoms with van der Waals surface area (Å²) >= 11 is 0. The maximum Gasteiger partial charge on any atom is 0.434 e. The number of amides is 1. The normalized spacial score (nSPS) is 14.6. The van der Waals surface area contributed by atoms with Gasteiger partial charge in [-0.3, -0.25) is 9.78 Å². The number of anilines is 1. The Hall–Kier alpha value is -3.82. The van der Waals surface area contributed by atoms with Crippen LogP contribution in [0.3, 0.4) is 0 Å². The van der Waals surface area contributed by atoms with Gasteiger partial charge in [-0.2, -0.15) is 18.3 Å². The molecule has 0 radical (unpaired) electrons. The van der Waals surface area contributed by atoms with Crippen molar-refractivity contribution in [2.24, 2.45) is 5.92 Å². The van der Waals surface area contributed by atoms with Crippen LogP contribution in [0.25, 0.3) is 28.2 Å². The fourth-order valence-corrected chi connectivity index (χ4v) is 4.21. The van der Waals surface area contributed by atoms with Gasteiger partial charge in [0.15, 0.2) is 11.3 Å². The molecule has 0 saturated heterocycles. The number of aromatic nitrogens is 4. The molecule has 10 heteroatoms. The molecule has 5 rings (SSSR count). The molecule has 0 spiro atoms. The van der Waals surface area contributed by atoms with Crippen LogP contribution in [0, 0.1) is 11.7 Å². The van der Waals surface area contributed by atoms with Crippen LogP contribution >= 0.6 is 0 Å². The lowest BCUT2D eigenvalue weighted by Crippen LogP contribution is -2.20. The van der Waals surface area contributed by atoms with Gasteiger partial charge in [0.2, 0.25) is 5.91 Å². The summed E-state index contributed by atoms with van der Waals surface area (Å²) in [5.74, 6) is -0.878. The Balaban J connectivity index is 1.47. The van der Waals surface area contributed by atoms with Crippen molar-refractivity contribution < 1.29 is 22.4 Å². The molecule has 34 heavy (non-hydrogen) atoms. The van der Waals surface area contributed by atoms with Crippen molar-refractivity contribution in [1.29, 1.82) is 0 Å². The summed E-state index contributed by atoms with van der Waals surface area (Å²) in [4.78, 5) is 20.3. The van der Waals surface area contributed by atoms with Crippen LogP contribution in [0.4, 0.5) is 23.2 Å². The SMILES string of the molecule is O=C(Nc1cc(-c2cn3nc(-c4cccnc4C(F)(F)F)ccc3n2)ccc1F)C1CCCC1. The van der Waals surface area contributed by atoms with E-state index in [1.807, 2.05) is 0 Å². The lowest BCUT2D eigenvalue weighted by molar-refractivity contribution is -0.140. The lowest BCUT2D eigenvalue weighted by Gasteiger charge is -2.11. The van der Waals surface area contributed by atoms with E-state index in [0.29, 0.717) is 16.9 Å². The Morgan fingerprint density at radius 3 is 2.62 bits per heavy atom. The summed E-state index contributed by atoms with van der Waals surface area (Å²) in [6.07, 6.45) is 1.55. The van der Waals surface area contributed by atoms with Crippen LogP contribution in [-0.4, -0.2) is 25.5 Å². The molecule has 1 aromatic carbocycles. The van der Waals surface area contributed by atoms with Crippen LogP contribution < -0.4 is 5.32 Å². The third-order valence-corrected chi connectivity index (χ3v) is 5.92. The Morgan fingerprint density at radius 2 is 1.85 bits per heavy atom. The number of halogens is 4. The van der Waals surface area contributed by atoms with Gasteiger partial charge < -0.3 is 5.32 Å². The number of nitrogens with one attached hydrogen (secondary N) is 1. The molecule has 3 heterocycles. The van der Waals surface area contributed by atoms with Crippen molar-refractivity contribution >= 4 is 17.2 Å². The maximum absolute atomic E-state index is 14.4. The van der Waals surface area contributed by atoms with E-state index in [1.54, 1.807) is 6.07 Å². The van der Waals surface area contributed by atoms with Crippen LogP contribution in [0.5, 0.6) is 0 Å². The van der Waals surface area contributed by atoms with Crippen molar-refractivity contribution in [2.45, 2.75) is 31.9 Å². The van der Waals surface area contributed by atoms with Gasteiger partial charge >= 0.3 is 6.18 Å². The number of imidazole rings is 1. The molecule has 1 amide bonds. The standard InChI is InChI=1S/C24H19F4N5O/c25-17-8-7-15(12-19(17)31-23(34)14-4-1-2-5-14)20-13-33-21(30-20)10-9-18(32-33)16-6-3-11-29-22(16)24(26,27)28/h3,6-14H,1-2,4-5H2,(H,31,34). The first-order valence-corrected chi connectivity index (χ1v) is 10.8. The lowest BCUT2D eigenvalue weighted by atomic mass is 10.1. The molecule has 174 valence electrons. The maximum atomic E-state index is 14.4. The third kappa shape index (κ3) is 4.23. The second-order valence-electron chi connectivity index (χ2n) is 8.21. The molecule has 1 N–H and O–H groups in total. The number of fused-ring (bicyclic) bond motifs is 1. The molecule has 0 unspecified atom stereocenters. The number of carbonyl (C=O) groups is 1. The number of benzene rings is 1. The van der Waals surface area contributed by atoms with Gasteiger partial charge in [0, 0.05) is 23.2 Å². The fourth-order valence-electron chi connectivity index (χ4n) is 4.21. The second-order valence-corrected chi connectivity index (χ2v) is 8.21. The monoisotopic (exact) mass is 469 g/mol. The molecule has 1 aliphatic carbocycles. The first kappa shape index (κ1) is 22.0. The van der Waals surface area contributed by atoms with Gasteiger partial charge in [0.1, 0.15) is 5.82 Å². The molecule has 0 atom stereocenters. The predicted octanol–water partition coefficient (Wildman–Crippen LogP) is 5.74. The average molecular weight is 469 g/mol. The number of carbonyl (C=O) groups excluding carboxylic acids is 1. The number of hydrogen-bond acceptors (Lipinski definition) is 4. The summed E-state index contributed by atoms with van der Waals surface area (Å²) < 4.78 is 55.8. The van der Waals surface area contributed by atoms with E-state index in [0.717, 1.165) is 31.9 Å². The molecule has 0 bridgehead atoms. The summed E-state index contributed by atoms with van der Waals surface area (Å²) in [5, 5.41) is 6.95. The number of nitrogens with zero attached hydrogens (tertiary/aromatic N) is 4. The minimum Gasteiger partial charge on any atom is -0.323 e. The zero-order chi connectivity index (χ0) is 23.9. The minimum atomic E-state index is -4.62. The van der Waals surface area contributed by atoms with Gasteiger partial charge in [0.25, 0.3) is 0 Å². The highest BCUT2D eigenvalue weighted by molar-refractivity contribution is 5.93. The van der Waals surface area contributed by atoms with E-state index in [1.165, 1.54) is 47.1 Å². The van der Waals surface area contributed by atoms with Crippen molar-refractivity contribution in [1.82, 2.24) is 19.6 Å². The highest BCUT2D eigenvalue weighted by Gasteiger charge is 2.35. The number of rotatable bonds is 4. The molecule has 6 nitrogen and oxygen atoms in total. The Labute approximate surface area is 191 Å². The smallest absolute Gasteiger partial charge is 0.323 e. The van der Waals surface area contributed by atoms with Crippen LogP contribution in [0.15, 0.2) is 54.9 Å². The number of pyridine rings is 1. The first-order chi connectivity index (χ1) is 16.3. The number of alkyl halides is 3. The van der Waals surface area contributed by atoms with Crippen molar-refractivity contribution in [3.63, 3.8) is 0 Å². The van der Waals surface area contributed by atoms with E-state index in [2.05, 4.69) is 20.4 Å². The van der Waals surface area contributed by atoms with Crippen LogP contribution in [-0.2, 0) is 11.0 Å².